The highest BCUT2D eigenvalue weighted by molar-refractivity contribution is 6.32. The van der Waals surface area contributed by atoms with Crippen molar-refractivity contribution >= 4 is 35.0 Å². The van der Waals surface area contributed by atoms with Crippen LogP contribution in [0.15, 0.2) is 29.3 Å². The van der Waals surface area contributed by atoms with Gasteiger partial charge in [0.1, 0.15) is 17.1 Å². The molecule has 10 heteroatoms. The summed E-state index contributed by atoms with van der Waals surface area (Å²) in [6.07, 6.45) is 4.52. The lowest BCUT2D eigenvalue weighted by Gasteiger charge is -2.33. The minimum absolute atomic E-state index is 0.0400. The van der Waals surface area contributed by atoms with Crippen molar-refractivity contribution in [3.05, 3.63) is 39.9 Å². The molecule has 2 aromatic rings. The summed E-state index contributed by atoms with van der Waals surface area (Å²) in [4.78, 5) is 36.4. The van der Waals surface area contributed by atoms with Gasteiger partial charge in [0, 0.05) is 25.3 Å². The fraction of sp³-hybridized carbons (Fsp3) is 0.353. The molecule has 27 heavy (non-hydrogen) atoms. The Balaban J connectivity index is 1.71. The normalized spacial score (nSPS) is 16.4. The van der Waals surface area contributed by atoms with Crippen LogP contribution in [0, 0.1) is 11.3 Å². The molecular weight excluding hydrogens is 370 g/mol. The highest BCUT2D eigenvalue weighted by Gasteiger charge is 2.24. The maximum Gasteiger partial charge on any atom is 0.271 e. The number of amides is 1. The fourth-order valence-corrected chi connectivity index (χ4v) is 3.01. The molecular formula is C17H18ClN7O2. The predicted molar refractivity (Wildman–Crippen MR) is 101 cm³/mol. The third-order valence-corrected chi connectivity index (χ3v) is 4.43. The third-order valence-electron chi connectivity index (χ3n) is 4.15. The van der Waals surface area contributed by atoms with Gasteiger partial charge in [-0.2, -0.15) is 10.2 Å². The zero-order valence-corrected chi connectivity index (χ0v) is 15.2. The molecule has 9 nitrogen and oxygen atoms in total. The number of rotatable bonds is 5. The summed E-state index contributed by atoms with van der Waals surface area (Å²) in [5, 5.41) is 15.1. The number of carbonyl (C=O) groups is 1. The second-order valence-electron chi connectivity index (χ2n) is 6.09. The Morgan fingerprint density at radius 3 is 3.15 bits per heavy atom. The van der Waals surface area contributed by atoms with Crippen molar-refractivity contribution in [1.29, 1.82) is 5.26 Å². The van der Waals surface area contributed by atoms with Gasteiger partial charge in [0.05, 0.1) is 12.3 Å². The number of carbonyl (C=O) groups excluding carboxylic acids is 1. The number of likely N-dealkylation sites (tertiary alicyclic amines) is 1. The lowest BCUT2D eigenvalue weighted by molar-refractivity contribution is -0.131. The maximum atomic E-state index is 11.9. The number of H-pyrrole nitrogens is 1. The molecule has 3 N–H and O–H groups in total. The molecule has 0 radical (unpaired) electrons. The van der Waals surface area contributed by atoms with Crippen LogP contribution < -0.4 is 16.2 Å². The van der Waals surface area contributed by atoms with Crippen LogP contribution in [-0.2, 0) is 4.79 Å². The summed E-state index contributed by atoms with van der Waals surface area (Å²) in [5.74, 6) is 0.469. The zero-order valence-electron chi connectivity index (χ0n) is 14.4. The number of hydrogen-bond acceptors (Lipinski definition) is 7. The molecule has 2 aromatic heterocycles. The van der Waals surface area contributed by atoms with Gasteiger partial charge in [-0.05, 0) is 25.0 Å². The molecule has 1 saturated heterocycles. The molecule has 3 rings (SSSR count). The second-order valence-corrected chi connectivity index (χ2v) is 6.49. The molecule has 1 aliphatic rings. The SMILES string of the molecule is N#CCC(=O)N1CCC[C@@H](Nc2nc(Nc3ccc[nH]c3=O)ncc2Cl)C1. The topological polar surface area (TPSA) is 127 Å². The highest BCUT2D eigenvalue weighted by Crippen LogP contribution is 2.23. The lowest BCUT2D eigenvalue weighted by Crippen LogP contribution is -2.45. The molecule has 0 bridgehead atoms. The Morgan fingerprint density at radius 2 is 2.37 bits per heavy atom. The number of anilines is 3. The Morgan fingerprint density at radius 1 is 1.52 bits per heavy atom. The maximum absolute atomic E-state index is 11.9. The first-order valence-electron chi connectivity index (χ1n) is 8.45. The van der Waals surface area contributed by atoms with E-state index in [1.807, 2.05) is 6.07 Å². The van der Waals surface area contributed by atoms with Gasteiger partial charge in [0.25, 0.3) is 5.56 Å². The minimum atomic E-state index is -0.288. The smallest absolute Gasteiger partial charge is 0.271 e. The predicted octanol–water partition coefficient (Wildman–Crippen LogP) is 1.88. The van der Waals surface area contributed by atoms with Crippen LogP contribution in [0.2, 0.25) is 5.02 Å². The molecule has 1 aliphatic heterocycles. The quantitative estimate of drug-likeness (QED) is 0.714. The van der Waals surface area contributed by atoms with Gasteiger partial charge in [-0.1, -0.05) is 11.6 Å². The summed E-state index contributed by atoms with van der Waals surface area (Å²) < 4.78 is 0. The van der Waals surface area contributed by atoms with Crippen molar-refractivity contribution in [3.63, 3.8) is 0 Å². The van der Waals surface area contributed by atoms with Crippen molar-refractivity contribution in [2.45, 2.75) is 25.3 Å². The second kappa shape index (κ2) is 8.51. The summed E-state index contributed by atoms with van der Waals surface area (Å²) in [7, 11) is 0. The molecule has 1 fully saturated rings. The molecule has 1 atom stereocenters. The van der Waals surface area contributed by atoms with Crippen LogP contribution in [0.1, 0.15) is 19.3 Å². The first kappa shape index (κ1) is 18.7. The van der Waals surface area contributed by atoms with E-state index >= 15 is 0 Å². The van der Waals surface area contributed by atoms with Crippen LogP contribution in [0.4, 0.5) is 17.5 Å². The van der Waals surface area contributed by atoms with Crippen LogP contribution in [0.25, 0.3) is 0 Å². The van der Waals surface area contributed by atoms with E-state index in [9.17, 15) is 9.59 Å². The van der Waals surface area contributed by atoms with E-state index in [0.29, 0.717) is 29.6 Å². The molecule has 0 unspecified atom stereocenters. The molecule has 0 saturated carbocycles. The largest absolute Gasteiger partial charge is 0.364 e. The molecule has 0 spiro atoms. The van der Waals surface area contributed by atoms with Crippen molar-refractivity contribution in [3.8, 4) is 6.07 Å². The average molecular weight is 388 g/mol. The lowest BCUT2D eigenvalue weighted by atomic mass is 10.1. The van der Waals surface area contributed by atoms with E-state index in [2.05, 4.69) is 25.6 Å². The number of halogens is 1. The van der Waals surface area contributed by atoms with E-state index in [0.717, 1.165) is 12.8 Å². The Labute approximate surface area is 160 Å². The summed E-state index contributed by atoms with van der Waals surface area (Å²) in [6, 6.07) is 5.15. The third kappa shape index (κ3) is 4.74. The number of nitriles is 1. The van der Waals surface area contributed by atoms with Crippen molar-refractivity contribution < 1.29 is 4.79 Å². The van der Waals surface area contributed by atoms with Crippen LogP contribution >= 0.6 is 11.6 Å². The van der Waals surface area contributed by atoms with Gasteiger partial charge < -0.3 is 20.5 Å². The first-order valence-corrected chi connectivity index (χ1v) is 8.83. The highest BCUT2D eigenvalue weighted by atomic mass is 35.5. The van der Waals surface area contributed by atoms with E-state index < -0.39 is 0 Å². The Bertz CT molecular complexity index is 924. The van der Waals surface area contributed by atoms with Gasteiger partial charge in [0.2, 0.25) is 11.9 Å². The first-order chi connectivity index (χ1) is 13.1. The molecule has 0 aromatic carbocycles. The summed E-state index contributed by atoms with van der Waals surface area (Å²) >= 11 is 6.19. The number of piperidine rings is 1. The van der Waals surface area contributed by atoms with Crippen molar-refractivity contribution in [2.75, 3.05) is 23.7 Å². The van der Waals surface area contributed by atoms with E-state index in [4.69, 9.17) is 16.9 Å². The van der Waals surface area contributed by atoms with Gasteiger partial charge in [0.15, 0.2) is 5.82 Å². The number of hydrogen-bond donors (Lipinski definition) is 3. The van der Waals surface area contributed by atoms with Gasteiger partial charge >= 0.3 is 0 Å². The van der Waals surface area contributed by atoms with E-state index in [1.165, 1.54) is 12.4 Å². The molecule has 0 aliphatic carbocycles. The van der Waals surface area contributed by atoms with Crippen molar-refractivity contribution in [1.82, 2.24) is 19.9 Å². The number of aromatic nitrogens is 3. The summed E-state index contributed by atoms with van der Waals surface area (Å²) in [5.41, 5.74) is 0.0289. The monoisotopic (exact) mass is 387 g/mol. The van der Waals surface area contributed by atoms with E-state index in [-0.39, 0.29) is 29.9 Å². The van der Waals surface area contributed by atoms with Crippen LogP contribution in [0.5, 0.6) is 0 Å². The van der Waals surface area contributed by atoms with Gasteiger partial charge in [-0.25, -0.2) is 4.98 Å². The zero-order chi connectivity index (χ0) is 19.2. The van der Waals surface area contributed by atoms with Gasteiger partial charge in [-0.15, -0.1) is 0 Å². The number of aromatic amines is 1. The van der Waals surface area contributed by atoms with Gasteiger partial charge in [-0.3, -0.25) is 9.59 Å². The van der Waals surface area contributed by atoms with Crippen LogP contribution in [-0.4, -0.2) is 44.9 Å². The summed E-state index contributed by atoms with van der Waals surface area (Å²) in [6.45, 7) is 1.11. The van der Waals surface area contributed by atoms with E-state index in [1.54, 1.807) is 17.0 Å². The molecule has 140 valence electrons. The number of nitrogens with zero attached hydrogens (tertiary/aromatic N) is 4. The Hall–Kier alpha value is -3.12. The number of pyridine rings is 1. The van der Waals surface area contributed by atoms with Crippen molar-refractivity contribution in [2.24, 2.45) is 0 Å². The average Bonchev–Trinajstić information content (AvgIpc) is 2.67. The Kier molecular flexibility index (Phi) is 5.88. The van der Waals surface area contributed by atoms with Crippen LogP contribution in [0.3, 0.4) is 0 Å². The molecule has 3 heterocycles. The minimum Gasteiger partial charge on any atom is -0.364 e. The number of nitrogens with one attached hydrogen (secondary N) is 3. The standard InChI is InChI=1S/C17H18ClN7O2/c18-12-9-21-17(23-13-4-1-7-20-16(13)27)24-15(12)22-11-3-2-8-25(10-11)14(26)5-6-19/h1,4,7,9,11H,2-3,5,8,10H2,(H,20,27)(H2,21,22,23,24)/t11-/m1/s1. The molecule has 1 amide bonds. The fourth-order valence-electron chi connectivity index (χ4n) is 2.86.